The first-order valence-corrected chi connectivity index (χ1v) is 9.49. The topological polar surface area (TPSA) is 114 Å². The fraction of sp³-hybridized carbons (Fsp3) is 0.250. The van der Waals surface area contributed by atoms with Gasteiger partial charge in [-0.15, -0.1) is 0 Å². The van der Waals surface area contributed by atoms with Crippen LogP contribution in [0.25, 0.3) is 11.4 Å². The standard InChI is InChI=1S/C20H20N6O4/c27-18(13-22-20(29)17-6-3-12-30-17)25-9-4-10-26(25)19(28)14-24-11-7-16(23-24)15-5-1-2-8-21-15/h1-3,5-8,11-12H,4,9-10,13-14H2,(H,22,29). The highest BCUT2D eigenvalue weighted by molar-refractivity contribution is 5.94. The summed E-state index contributed by atoms with van der Waals surface area (Å²) >= 11 is 0. The van der Waals surface area contributed by atoms with E-state index in [0.29, 0.717) is 30.9 Å². The summed E-state index contributed by atoms with van der Waals surface area (Å²) in [6.07, 6.45) is 5.43. The number of carbonyl (C=O) groups is 3. The lowest BCUT2D eigenvalue weighted by Gasteiger charge is -2.27. The highest BCUT2D eigenvalue weighted by Crippen LogP contribution is 2.15. The Morgan fingerprint density at radius 1 is 1.00 bits per heavy atom. The molecule has 10 heteroatoms. The average molecular weight is 408 g/mol. The average Bonchev–Trinajstić information content (AvgIpc) is 3.53. The van der Waals surface area contributed by atoms with Crippen molar-refractivity contribution in [1.29, 1.82) is 0 Å². The number of amides is 3. The first-order chi connectivity index (χ1) is 14.6. The molecule has 0 aliphatic carbocycles. The molecule has 0 atom stereocenters. The second-order valence-electron chi connectivity index (χ2n) is 6.66. The number of carbonyl (C=O) groups excluding carboxylic acids is 3. The van der Waals surface area contributed by atoms with Crippen molar-refractivity contribution in [2.24, 2.45) is 0 Å². The third-order valence-corrected chi connectivity index (χ3v) is 4.62. The van der Waals surface area contributed by atoms with Crippen LogP contribution >= 0.6 is 0 Å². The second-order valence-corrected chi connectivity index (χ2v) is 6.66. The number of nitrogens with zero attached hydrogens (tertiary/aromatic N) is 5. The largest absolute Gasteiger partial charge is 0.459 e. The Bertz CT molecular complexity index is 1030. The van der Waals surface area contributed by atoms with Crippen LogP contribution < -0.4 is 5.32 Å². The molecule has 30 heavy (non-hydrogen) atoms. The second kappa shape index (κ2) is 8.60. The fourth-order valence-corrected chi connectivity index (χ4v) is 3.19. The first kappa shape index (κ1) is 19.4. The quantitative estimate of drug-likeness (QED) is 0.650. The van der Waals surface area contributed by atoms with E-state index in [1.54, 1.807) is 24.5 Å². The normalized spacial score (nSPS) is 13.5. The van der Waals surface area contributed by atoms with Crippen molar-refractivity contribution in [2.75, 3.05) is 19.6 Å². The van der Waals surface area contributed by atoms with Crippen molar-refractivity contribution in [2.45, 2.75) is 13.0 Å². The molecule has 4 heterocycles. The van der Waals surface area contributed by atoms with Gasteiger partial charge in [-0.25, -0.2) is 10.0 Å². The van der Waals surface area contributed by atoms with Crippen molar-refractivity contribution in [3.8, 4) is 11.4 Å². The van der Waals surface area contributed by atoms with Gasteiger partial charge >= 0.3 is 0 Å². The van der Waals surface area contributed by atoms with Crippen LogP contribution in [0.2, 0.25) is 0 Å². The van der Waals surface area contributed by atoms with Crippen LogP contribution in [0.4, 0.5) is 0 Å². The molecule has 0 aromatic carbocycles. The summed E-state index contributed by atoms with van der Waals surface area (Å²) in [5, 5.41) is 9.67. The number of hydrogen-bond donors (Lipinski definition) is 1. The molecular weight excluding hydrogens is 388 g/mol. The molecule has 0 radical (unpaired) electrons. The molecular formula is C20H20N6O4. The molecule has 10 nitrogen and oxygen atoms in total. The van der Waals surface area contributed by atoms with E-state index >= 15 is 0 Å². The van der Waals surface area contributed by atoms with E-state index in [-0.39, 0.29) is 30.7 Å². The highest BCUT2D eigenvalue weighted by atomic mass is 16.3. The maximum absolute atomic E-state index is 12.8. The minimum atomic E-state index is -0.482. The number of furan rings is 1. The summed E-state index contributed by atoms with van der Waals surface area (Å²) in [7, 11) is 0. The van der Waals surface area contributed by atoms with E-state index in [1.807, 2.05) is 18.2 Å². The summed E-state index contributed by atoms with van der Waals surface area (Å²) < 4.78 is 6.52. The Kier molecular flexibility index (Phi) is 5.55. The summed E-state index contributed by atoms with van der Waals surface area (Å²) in [6.45, 7) is 0.620. The van der Waals surface area contributed by atoms with Gasteiger partial charge in [0.25, 0.3) is 17.7 Å². The Labute approximate surface area is 172 Å². The molecule has 3 aromatic rings. The first-order valence-electron chi connectivity index (χ1n) is 9.49. The molecule has 154 valence electrons. The fourth-order valence-electron chi connectivity index (χ4n) is 3.19. The van der Waals surface area contributed by atoms with Gasteiger partial charge in [0.1, 0.15) is 12.2 Å². The predicted molar refractivity (Wildman–Crippen MR) is 105 cm³/mol. The minimum absolute atomic E-state index is 0.00460. The number of nitrogens with one attached hydrogen (secondary N) is 1. The monoisotopic (exact) mass is 408 g/mol. The van der Waals surface area contributed by atoms with Crippen molar-refractivity contribution in [1.82, 2.24) is 30.1 Å². The maximum atomic E-state index is 12.8. The summed E-state index contributed by atoms with van der Waals surface area (Å²) in [4.78, 5) is 41.5. The zero-order chi connectivity index (χ0) is 20.9. The Hall–Kier alpha value is -3.95. The number of hydrazine groups is 1. The SMILES string of the molecule is O=C(NCC(=O)N1CCCN1C(=O)Cn1ccc(-c2ccccn2)n1)c1ccco1. The van der Waals surface area contributed by atoms with Gasteiger partial charge in [-0.05, 0) is 36.8 Å². The van der Waals surface area contributed by atoms with E-state index in [9.17, 15) is 14.4 Å². The molecule has 1 aliphatic heterocycles. The van der Waals surface area contributed by atoms with E-state index in [1.165, 1.54) is 27.0 Å². The molecule has 1 aliphatic rings. The third-order valence-electron chi connectivity index (χ3n) is 4.62. The van der Waals surface area contributed by atoms with Gasteiger partial charge in [-0.2, -0.15) is 5.10 Å². The lowest BCUT2D eigenvalue weighted by molar-refractivity contribution is -0.157. The van der Waals surface area contributed by atoms with Crippen molar-refractivity contribution >= 4 is 17.7 Å². The molecule has 0 bridgehead atoms. The molecule has 3 amide bonds. The number of pyridine rings is 1. The van der Waals surface area contributed by atoms with Crippen LogP contribution in [0.3, 0.4) is 0 Å². The van der Waals surface area contributed by atoms with Gasteiger partial charge in [0.15, 0.2) is 5.76 Å². The molecule has 4 rings (SSSR count). The Balaban J connectivity index is 1.35. The molecule has 0 saturated carbocycles. The lowest BCUT2D eigenvalue weighted by Crippen LogP contribution is -2.49. The summed E-state index contributed by atoms with van der Waals surface area (Å²) in [5.41, 5.74) is 1.38. The lowest BCUT2D eigenvalue weighted by atomic mass is 10.3. The highest BCUT2D eigenvalue weighted by Gasteiger charge is 2.31. The van der Waals surface area contributed by atoms with Gasteiger partial charge < -0.3 is 9.73 Å². The van der Waals surface area contributed by atoms with Crippen molar-refractivity contribution < 1.29 is 18.8 Å². The molecule has 1 N–H and O–H groups in total. The van der Waals surface area contributed by atoms with E-state index in [0.717, 1.165) is 0 Å². The van der Waals surface area contributed by atoms with Gasteiger partial charge in [0, 0.05) is 25.5 Å². The third kappa shape index (κ3) is 4.22. The van der Waals surface area contributed by atoms with Crippen LogP contribution in [-0.4, -0.2) is 62.1 Å². The predicted octanol–water partition coefficient (Wildman–Crippen LogP) is 0.944. The maximum Gasteiger partial charge on any atom is 0.287 e. The van der Waals surface area contributed by atoms with Crippen LogP contribution in [-0.2, 0) is 16.1 Å². The zero-order valence-electron chi connectivity index (χ0n) is 16.1. The van der Waals surface area contributed by atoms with Crippen LogP contribution in [0.15, 0.2) is 59.5 Å². The van der Waals surface area contributed by atoms with Crippen LogP contribution in [0, 0.1) is 0 Å². The molecule has 1 fully saturated rings. The smallest absolute Gasteiger partial charge is 0.287 e. The molecule has 1 saturated heterocycles. The van der Waals surface area contributed by atoms with Crippen LogP contribution in [0.5, 0.6) is 0 Å². The van der Waals surface area contributed by atoms with Gasteiger partial charge in [-0.3, -0.25) is 24.0 Å². The minimum Gasteiger partial charge on any atom is -0.459 e. The van der Waals surface area contributed by atoms with Gasteiger partial charge in [-0.1, -0.05) is 6.07 Å². The van der Waals surface area contributed by atoms with Crippen molar-refractivity contribution in [3.63, 3.8) is 0 Å². The van der Waals surface area contributed by atoms with Gasteiger partial charge in [0.2, 0.25) is 0 Å². The molecule has 0 unspecified atom stereocenters. The number of hydrogen-bond acceptors (Lipinski definition) is 6. The molecule has 3 aromatic heterocycles. The van der Waals surface area contributed by atoms with Crippen LogP contribution in [0.1, 0.15) is 17.0 Å². The van der Waals surface area contributed by atoms with Gasteiger partial charge in [0.05, 0.1) is 18.5 Å². The van der Waals surface area contributed by atoms with E-state index < -0.39 is 5.91 Å². The summed E-state index contributed by atoms with van der Waals surface area (Å²) in [6, 6.07) is 10.4. The Morgan fingerprint density at radius 2 is 1.83 bits per heavy atom. The Morgan fingerprint density at radius 3 is 2.57 bits per heavy atom. The number of rotatable bonds is 6. The van der Waals surface area contributed by atoms with Crippen molar-refractivity contribution in [3.05, 3.63) is 60.8 Å². The van der Waals surface area contributed by atoms with E-state index in [2.05, 4.69) is 15.4 Å². The zero-order valence-corrected chi connectivity index (χ0v) is 16.1. The van der Waals surface area contributed by atoms with E-state index in [4.69, 9.17) is 4.42 Å². The number of aromatic nitrogens is 3. The summed E-state index contributed by atoms with van der Waals surface area (Å²) in [5.74, 6) is -0.979. The molecule has 0 spiro atoms.